The molecule has 1 heterocycles. The molecule has 2 rings (SSSR count). The monoisotopic (exact) mass is 335 g/mol. The van der Waals surface area contributed by atoms with Gasteiger partial charge in [-0.1, -0.05) is 6.07 Å². The molecule has 7 nitrogen and oxygen atoms in total. The maximum absolute atomic E-state index is 12.1. The number of hydrogen-bond donors (Lipinski definition) is 1. The summed E-state index contributed by atoms with van der Waals surface area (Å²) in [5, 5.41) is 9.33. The van der Waals surface area contributed by atoms with Gasteiger partial charge in [-0.05, 0) is 38.0 Å². The van der Waals surface area contributed by atoms with Crippen molar-refractivity contribution >= 4 is 17.8 Å². The number of rotatable bonds is 5. The fourth-order valence-corrected chi connectivity index (χ4v) is 2.56. The van der Waals surface area contributed by atoms with Crippen molar-refractivity contribution in [2.75, 3.05) is 26.3 Å². The zero-order valence-electron chi connectivity index (χ0n) is 13.6. The Balaban J connectivity index is 1.77. The van der Waals surface area contributed by atoms with Crippen LogP contribution >= 0.6 is 0 Å². The first-order valence-electron chi connectivity index (χ1n) is 7.91. The molecule has 130 valence electrons. The van der Waals surface area contributed by atoms with Crippen LogP contribution in [0.4, 0.5) is 0 Å². The number of esters is 2. The molecule has 0 unspecified atom stereocenters. The number of benzene rings is 1. The number of phenols is 1. The molecule has 1 aliphatic heterocycles. The second-order valence-corrected chi connectivity index (χ2v) is 5.53. The summed E-state index contributed by atoms with van der Waals surface area (Å²) >= 11 is 0. The summed E-state index contributed by atoms with van der Waals surface area (Å²) in [4.78, 5) is 37.2. The van der Waals surface area contributed by atoms with Crippen molar-refractivity contribution in [3.05, 3.63) is 29.8 Å². The normalized spacial score (nSPS) is 15.0. The number of ether oxygens (including phenoxy) is 2. The average molecular weight is 335 g/mol. The average Bonchev–Trinajstić information content (AvgIpc) is 2.59. The van der Waals surface area contributed by atoms with Crippen molar-refractivity contribution in [2.45, 2.75) is 19.8 Å². The van der Waals surface area contributed by atoms with Gasteiger partial charge in [0.05, 0.1) is 18.1 Å². The minimum Gasteiger partial charge on any atom is -0.508 e. The Morgan fingerprint density at radius 2 is 1.92 bits per heavy atom. The largest absolute Gasteiger partial charge is 0.508 e. The third-order valence-corrected chi connectivity index (χ3v) is 3.88. The summed E-state index contributed by atoms with van der Waals surface area (Å²) in [7, 11) is 0. The molecule has 0 bridgehead atoms. The van der Waals surface area contributed by atoms with Crippen LogP contribution in [0.3, 0.4) is 0 Å². The zero-order chi connectivity index (χ0) is 17.5. The number of hydrogen-bond acceptors (Lipinski definition) is 6. The minimum absolute atomic E-state index is 0.0446. The van der Waals surface area contributed by atoms with Crippen LogP contribution in [0.2, 0.25) is 0 Å². The van der Waals surface area contributed by atoms with Crippen LogP contribution in [0.15, 0.2) is 24.3 Å². The Kier molecular flexibility index (Phi) is 6.17. The van der Waals surface area contributed by atoms with Gasteiger partial charge in [-0.15, -0.1) is 0 Å². The quantitative estimate of drug-likeness (QED) is 0.817. The molecule has 1 N–H and O–H groups in total. The predicted molar refractivity (Wildman–Crippen MR) is 84.3 cm³/mol. The van der Waals surface area contributed by atoms with Crippen molar-refractivity contribution in [2.24, 2.45) is 5.92 Å². The highest BCUT2D eigenvalue weighted by Crippen LogP contribution is 2.19. The van der Waals surface area contributed by atoms with E-state index in [4.69, 9.17) is 9.47 Å². The fraction of sp³-hybridized carbons (Fsp3) is 0.471. The SMILES string of the molecule is CCOC(=O)C1CCN(C(=O)COC(=O)c2cccc(O)c2)CC1. The smallest absolute Gasteiger partial charge is 0.338 e. The number of carbonyl (C=O) groups is 3. The number of likely N-dealkylation sites (tertiary alicyclic amines) is 1. The van der Waals surface area contributed by atoms with Crippen molar-refractivity contribution in [1.29, 1.82) is 0 Å². The lowest BCUT2D eigenvalue weighted by Gasteiger charge is -2.30. The van der Waals surface area contributed by atoms with Crippen molar-refractivity contribution in [1.82, 2.24) is 4.90 Å². The first kappa shape index (κ1) is 17.8. The van der Waals surface area contributed by atoms with E-state index in [-0.39, 0.29) is 35.7 Å². The van der Waals surface area contributed by atoms with Crippen LogP contribution < -0.4 is 0 Å². The summed E-state index contributed by atoms with van der Waals surface area (Å²) in [6, 6.07) is 5.73. The summed E-state index contributed by atoms with van der Waals surface area (Å²) in [5.41, 5.74) is 0.184. The van der Waals surface area contributed by atoms with Gasteiger partial charge in [0.25, 0.3) is 5.91 Å². The molecule has 1 aromatic rings. The van der Waals surface area contributed by atoms with E-state index in [1.165, 1.54) is 24.3 Å². The number of nitrogens with zero attached hydrogens (tertiary/aromatic N) is 1. The van der Waals surface area contributed by atoms with E-state index < -0.39 is 5.97 Å². The van der Waals surface area contributed by atoms with E-state index in [2.05, 4.69) is 0 Å². The van der Waals surface area contributed by atoms with Gasteiger partial charge < -0.3 is 19.5 Å². The molecule has 0 atom stereocenters. The molecule has 0 aliphatic carbocycles. The molecule has 7 heteroatoms. The summed E-state index contributed by atoms with van der Waals surface area (Å²) in [5.74, 6) is -1.41. The van der Waals surface area contributed by atoms with E-state index >= 15 is 0 Å². The molecule has 1 aliphatic rings. The topological polar surface area (TPSA) is 93.1 Å². The number of aromatic hydroxyl groups is 1. The molecule has 0 radical (unpaired) electrons. The van der Waals surface area contributed by atoms with Crippen molar-refractivity contribution in [3.63, 3.8) is 0 Å². The molecule has 1 amide bonds. The van der Waals surface area contributed by atoms with Gasteiger partial charge in [-0.3, -0.25) is 9.59 Å². The molecule has 1 aromatic carbocycles. The molecule has 1 fully saturated rings. The Morgan fingerprint density at radius 1 is 1.21 bits per heavy atom. The molecule has 0 aromatic heterocycles. The minimum atomic E-state index is -0.666. The third-order valence-electron chi connectivity index (χ3n) is 3.88. The van der Waals surface area contributed by atoms with Crippen LogP contribution in [0.5, 0.6) is 5.75 Å². The van der Waals surface area contributed by atoms with E-state index in [9.17, 15) is 19.5 Å². The Morgan fingerprint density at radius 3 is 2.54 bits per heavy atom. The number of piperidine rings is 1. The van der Waals surface area contributed by atoms with Crippen LogP contribution in [-0.2, 0) is 19.1 Å². The van der Waals surface area contributed by atoms with E-state index in [1.54, 1.807) is 11.8 Å². The van der Waals surface area contributed by atoms with Gasteiger partial charge in [0.1, 0.15) is 5.75 Å². The molecular weight excluding hydrogens is 314 g/mol. The van der Waals surface area contributed by atoms with Gasteiger partial charge in [0.2, 0.25) is 0 Å². The lowest BCUT2D eigenvalue weighted by molar-refractivity contribution is -0.151. The summed E-state index contributed by atoms with van der Waals surface area (Å²) in [6.45, 7) is 2.62. The highest BCUT2D eigenvalue weighted by Gasteiger charge is 2.28. The molecular formula is C17H21NO6. The first-order chi connectivity index (χ1) is 11.5. The van der Waals surface area contributed by atoms with Crippen LogP contribution in [0, 0.1) is 5.92 Å². The standard InChI is InChI=1S/C17H21NO6/c1-2-23-16(21)12-6-8-18(9-7-12)15(20)11-24-17(22)13-4-3-5-14(19)10-13/h3-5,10,12,19H,2,6-9,11H2,1H3. The first-order valence-corrected chi connectivity index (χ1v) is 7.91. The number of amides is 1. The second-order valence-electron chi connectivity index (χ2n) is 5.53. The lowest BCUT2D eigenvalue weighted by atomic mass is 9.97. The predicted octanol–water partition coefficient (Wildman–Crippen LogP) is 1.35. The third kappa shape index (κ3) is 4.71. The zero-order valence-corrected chi connectivity index (χ0v) is 13.6. The molecule has 24 heavy (non-hydrogen) atoms. The van der Waals surface area contributed by atoms with Gasteiger partial charge in [0, 0.05) is 13.1 Å². The molecule has 0 saturated carbocycles. The molecule has 1 saturated heterocycles. The molecule has 0 spiro atoms. The van der Waals surface area contributed by atoms with Crippen LogP contribution in [-0.4, -0.2) is 54.2 Å². The van der Waals surface area contributed by atoms with E-state index in [1.807, 2.05) is 0 Å². The van der Waals surface area contributed by atoms with Gasteiger partial charge in [-0.2, -0.15) is 0 Å². The fourth-order valence-electron chi connectivity index (χ4n) is 2.56. The summed E-state index contributed by atoms with van der Waals surface area (Å²) in [6.07, 6.45) is 1.09. The second kappa shape index (κ2) is 8.33. The van der Waals surface area contributed by atoms with Crippen LogP contribution in [0.25, 0.3) is 0 Å². The Bertz CT molecular complexity index is 607. The van der Waals surface area contributed by atoms with Gasteiger partial charge in [-0.25, -0.2) is 4.79 Å². The maximum Gasteiger partial charge on any atom is 0.338 e. The van der Waals surface area contributed by atoms with Crippen molar-refractivity contribution in [3.8, 4) is 5.75 Å². The Labute approximate surface area is 140 Å². The highest BCUT2D eigenvalue weighted by molar-refractivity contribution is 5.91. The highest BCUT2D eigenvalue weighted by atomic mass is 16.5. The van der Waals surface area contributed by atoms with Crippen molar-refractivity contribution < 1.29 is 29.0 Å². The van der Waals surface area contributed by atoms with E-state index in [0.29, 0.717) is 32.5 Å². The maximum atomic E-state index is 12.1. The Hall–Kier alpha value is -2.57. The van der Waals surface area contributed by atoms with E-state index in [0.717, 1.165) is 0 Å². The van der Waals surface area contributed by atoms with Gasteiger partial charge >= 0.3 is 11.9 Å². The number of carbonyl (C=O) groups excluding carboxylic acids is 3. The summed E-state index contributed by atoms with van der Waals surface area (Å²) < 4.78 is 9.96. The van der Waals surface area contributed by atoms with Crippen LogP contribution in [0.1, 0.15) is 30.1 Å². The number of phenolic OH excluding ortho intramolecular Hbond substituents is 1. The van der Waals surface area contributed by atoms with Gasteiger partial charge in [0.15, 0.2) is 6.61 Å². The lowest BCUT2D eigenvalue weighted by Crippen LogP contribution is -2.42.